The summed E-state index contributed by atoms with van der Waals surface area (Å²) in [6, 6.07) is 16.4. The zero-order chi connectivity index (χ0) is 19.1. The van der Waals surface area contributed by atoms with Gasteiger partial charge in [0.2, 0.25) is 0 Å². The molecule has 2 aromatic carbocycles. The van der Waals surface area contributed by atoms with E-state index >= 15 is 0 Å². The molecule has 0 amide bonds. The van der Waals surface area contributed by atoms with Crippen molar-refractivity contribution in [3.05, 3.63) is 117 Å². The molecule has 0 bridgehead atoms. The van der Waals surface area contributed by atoms with Gasteiger partial charge in [-0.15, -0.1) is 0 Å². The van der Waals surface area contributed by atoms with Crippen LogP contribution in [-0.2, 0) is 5.41 Å². The fraction of sp³-hybridized carbons (Fsp3) is 0.125. The van der Waals surface area contributed by atoms with Crippen molar-refractivity contribution in [1.82, 2.24) is 10.2 Å². The molecule has 2 aliphatic carbocycles. The molecule has 0 radical (unpaired) electrons. The molecular weight excluding hydrogens is 387 g/mol. The van der Waals surface area contributed by atoms with Gasteiger partial charge in [0.15, 0.2) is 0 Å². The van der Waals surface area contributed by atoms with Crippen LogP contribution in [0.25, 0.3) is 5.57 Å². The first-order chi connectivity index (χ1) is 13.7. The molecule has 0 saturated carbocycles. The lowest BCUT2D eigenvalue weighted by Crippen LogP contribution is -2.29. The lowest BCUT2D eigenvalue weighted by Gasteiger charge is -2.33. The van der Waals surface area contributed by atoms with Crippen molar-refractivity contribution in [1.29, 1.82) is 0 Å². The molecule has 0 aliphatic heterocycles. The Kier molecular flexibility index (Phi) is 4.26. The van der Waals surface area contributed by atoms with E-state index in [4.69, 9.17) is 23.2 Å². The number of nitrogens with one attached hydrogen (secondary N) is 1. The third-order valence-electron chi connectivity index (χ3n) is 5.68. The SMILES string of the molecule is Clc1ccc(C2(c3ccn[nH]3)C=CC3=C(CCC=C3)c3ccccc32)c(Cl)c1. The first-order valence-electron chi connectivity index (χ1n) is 9.34. The number of aromatic nitrogens is 2. The number of fused-ring (bicyclic) bond motifs is 2. The summed E-state index contributed by atoms with van der Waals surface area (Å²) in [5, 5.41) is 8.72. The second-order valence-electron chi connectivity index (χ2n) is 7.16. The maximum atomic E-state index is 6.76. The number of benzene rings is 2. The van der Waals surface area contributed by atoms with Crippen LogP contribution in [-0.4, -0.2) is 10.2 Å². The molecule has 1 N–H and O–H groups in total. The summed E-state index contributed by atoms with van der Waals surface area (Å²) in [6.07, 6.45) is 12.8. The number of hydrogen-bond acceptors (Lipinski definition) is 1. The summed E-state index contributed by atoms with van der Waals surface area (Å²) in [5.74, 6) is 0. The molecule has 3 aromatic rings. The molecule has 28 heavy (non-hydrogen) atoms. The molecule has 0 fully saturated rings. The van der Waals surface area contributed by atoms with Gasteiger partial charge in [0, 0.05) is 16.2 Å². The highest BCUT2D eigenvalue weighted by atomic mass is 35.5. The summed E-state index contributed by atoms with van der Waals surface area (Å²) in [6.45, 7) is 0. The van der Waals surface area contributed by atoms with Gasteiger partial charge in [0.05, 0.1) is 11.1 Å². The molecule has 1 heterocycles. The molecule has 2 nitrogen and oxygen atoms in total. The molecule has 4 heteroatoms. The first-order valence-corrected chi connectivity index (χ1v) is 10.1. The van der Waals surface area contributed by atoms with Crippen LogP contribution in [0.2, 0.25) is 10.0 Å². The molecule has 0 saturated heterocycles. The summed E-state index contributed by atoms with van der Waals surface area (Å²) >= 11 is 13.0. The maximum absolute atomic E-state index is 6.76. The number of aromatic amines is 1. The molecule has 5 rings (SSSR count). The van der Waals surface area contributed by atoms with Gasteiger partial charge < -0.3 is 0 Å². The van der Waals surface area contributed by atoms with Gasteiger partial charge in [0.25, 0.3) is 0 Å². The van der Waals surface area contributed by atoms with E-state index in [-0.39, 0.29) is 0 Å². The van der Waals surface area contributed by atoms with Gasteiger partial charge in [-0.05, 0) is 58.9 Å². The van der Waals surface area contributed by atoms with Gasteiger partial charge in [-0.1, -0.05) is 77.8 Å². The number of hydrogen-bond donors (Lipinski definition) is 1. The predicted molar refractivity (Wildman–Crippen MR) is 116 cm³/mol. The van der Waals surface area contributed by atoms with Gasteiger partial charge >= 0.3 is 0 Å². The normalized spacial score (nSPS) is 20.6. The van der Waals surface area contributed by atoms with Crippen LogP contribution >= 0.6 is 23.2 Å². The van der Waals surface area contributed by atoms with Crippen molar-refractivity contribution in [2.24, 2.45) is 0 Å². The second kappa shape index (κ2) is 6.80. The lowest BCUT2D eigenvalue weighted by atomic mass is 9.70. The highest BCUT2D eigenvalue weighted by Gasteiger charge is 2.40. The molecule has 138 valence electrons. The van der Waals surface area contributed by atoms with Crippen molar-refractivity contribution in [3.63, 3.8) is 0 Å². The Morgan fingerprint density at radius 1 is 0.964 bits per heavy atom. The summed E-state index contributed by atoms with van der Waals surface area (Å²) in [4.78, 5) is 0. The van der Waals surface area contributed by atoms with E-state index in [0.717, 1.165) is 24.1 Å². The maximum Gasteiger partial charge on any atom is 0.0822 e. The highest BCUT2D eigenvalue weighted by Crippen LogP contribution is 2.49. The molecule has 2 aliphatic rings. The number of nitrogens with zero attached hydrogens (tertiary/aromatic N) is 1. The largest absolute Gasteiger partial charge is 0.281 e. The van der Waals surface area contributed by atoms with Crippen LogP contribution in [0.15, 0.2) is 84.6 Å². The van der Waals surface area contributed by atoms with Crippen molar-refractivity contribution in [3.8, 4) is 0 Å². The number of H-pyrrole nitrogens is 1. The average molecular weight is 405 g/mol. The third kappa shape index (κ3) is 2.60. The van der Waals surface area contributed by atoms with E-state index in [1.165, 1.54) is 22.3 Å². The molecule has 1 unspecified atom stereocenters. The smallest absolute Gasteiger partial charge is 0.0822 e. The van der Waals surface area contributed by atoms with Crippen LogP contribution in [0.4, 0.5) is 0 Å². The van der Waals surface area contributed by atoms with Crippen molar-refractivity contribution >= 4 is 28.8 Å². The fourth-order valence-electron chi connectivity index (χ4n) is 4.42. The van der Waals surface area contributed by atoms with E-state index in [9.17, 15) is 0 Å². The van der Waals surface area contributed by atoms with Crippen LogP contribution < -0.4 is 0 Å². The minimum Gasteiger partial charge on any atom is -0.281 e. The zero-order valence-corrected chi connectivity index (χ0v) is 16.6. The Bertz CT molecular complexity index is 1140. The molecule has 1 aromatic heterocycles. The van der Waals surface area contributed by atoms with Crippen molar-refractivity contribution < 1.29 is 0 Å². The van der Waals surface area contributed by atoms with Crippen LogP contribution in [0, 0.1) is 0 Å². The summed E-state index contributed by atoms with van der Waals surface area (Å²) in [5.41, 5.74) is 6.46. The van der Waals surface area contributed by atoms with Crippen LogP contribution in [0.1, 0.15) is 35.2 Å². The van der Waals surface area contributed by atoms with E-state index < -0.39 is 5.41 Å². The van der Waals surface area contributed by atoms with E-state index in [1.807, 2.05) is 24.3 Å². The van der Waals surface area contributed by atoms with Gasteiger partial charge in [0.1, 0.15) is 0 Å². The number of rotatable bonds is 2. The average Bonchev–Trinajstić information content (AvgIpc) is 3.21. The molecule has 1 atom stereocenters. The first kappa shape index (κ1) is 17.5. The van der Waals surface area contributed by atoms with Crippen LogP contribution in [0.5, 0.6) is 0 Å². The monoisotopic (exact) mass is 404 g/mol. The summed E-state index contributed by atoms with van der Waals surface area (Å²) < 4.78 is 0. The topological polar surface area (TPSA) is 28.7 Å². The quantitative estimate of drug-likeness (QED) is 0.504. The van der Waals surface area contributed by atoms with Crippen molar-refractivity contribution in [2.75, 3.05) is 0 Å². The Hall–Kier alpha value is -2.55. The minimum absolute atomic E-state index is 0.583. The van der Waals surface area contributed by atoms with Crippen molar-refractivity contribution in [2.45, 2.75) is 18.3 Å². The summed E-state index contributed by atoms with van der Waals surface area (Å²) in [7, 11) is 0. The minimum atomic E-state index is -0.583. The molecular formula is C24H18Cl2N2. The van der Waals surface area contributed by atoms with Crippen LogP contribution in [0.3, 0.4) is 0 Å². The standard InChI is InChI=1S/C24H18Cl2N2/c25-17-9-10-21(22(26)15-17)24(23-12-14-27-28-23)13-11-16-5-1-2-6-18(16)19-7-3-4-8-20(19)24/h1,3-5,7-15H,2,6H2,(H,27,28). The Morgan fingerprint density at radius 3 is 2.68 bits per heavy atom. The Labute approximate surface area is 174 Å². The number of halogens is 2. The van der Waals surface area contributed by atoms with Gasteiger partial charge in [-0.3, -0.25) is 5.10 Å². The second-order valence-corrected chi connectivity index (χ2v) is 8.00. The zero-order valence-electron chi connectivity index (χ0n) is 15.1. The molecule has 0 spiro atoms. The highest BCUT2D eigenvalue weighted by molar-refractivity contribution is 6.35. The Balaban J connectivity index is 1.90. The van der Waals surface area contributed by atoms with E-state index in [2.05, 4.69) is 58.8 Å². The Morgan fingerprint density at radius 2 is 1.86 bits per heavy atom. The number of allylic oxidation sites excluding steroid dienone is 6. The van der Waals surface area contributed by atoms with Gasteiger partial charge in [-0.25, -0.2) is 0 Å². The predicted octanol–water partition coefficient (Wildman–Crippen LogP) is 6.72. The lowest BCUT2D eigenvalue weighted by molar-refractivity contribution is 0.735. The van der Waals surface area contributed by atoms with E-state index in [1.54, 1.807) is 6.20 Å². The van der Waals surface area contributed by atoms with Gasteiger partial charge in [-0.2, -0.15) is 5.10 Å². The van der Waals surface area contributed by atoms with E-state index in [0.29, 0.717) is 10.0 Å². The third-order valence-corrected chi connectivity index (χ3v) is 6.23. The fourth-order valence-corrected chi connectivity index (χ4v) is 4.98.